The number of hydrogen-bond acceptors (Lipinski definition) is 3. The van der Waals surface area contributed by atoms with Crippen molar-refractivity contribution in [1.29, 1.82) is 0 Å². The average molecular weight is 278 g/mol. The molecule has 20 heavy (non-hydrogen) atoms. The van der Waals surface area contributed by atoms with Gasteiger partial charge in [0, 0.05) is 5.54 Å². The molecule has 4 nitrogen and oxygen atoms in total. The minimum absolute atomic E-state index is 0.0962. The molecule has 0 radical (unpaired) electrons. The summed E-state index contributed by atoms with van der Waals surface area (Å²) in [6, 6.07) is 7.71. The Balaban J connectivity index is 2.63. The van der Waals surface area contributed by atoms with Crippen LogP contribution < -0.4 is 15.8 Å². The molecule has 1 aromatic rings. The molecule has 0 aliphatic carbocycles. The first kappa shape index (κ1) is 16.5. The van der Waals surface area contributed by atoms with E-state index in [4.69, 9.17) is 10.5 Å². The van der Waals surface area contributed by atoms with Crippen LogP contribution in [0.5, 0.6) is 5.75 Å². The molecule has 0 bridgehead atoms. The van der Waals surface area contributed by atoms with Crippen LogP contribution in [0.4, 0.5) is 0 Å². The van der Waals surface area contributed by atoms with Crippen LogP contribution in [-0.4, -0.2) is 24.1 Å². The van der Waals surface area contributed by atoms with Crippen LogP contribution in [0.2, 0.25) is 0 Å². The molecular weight excluding hydrogens is 252 g/mol. The highest BCUT2D eigenvalue weighted by Crippen LogP contribution is 2.16. The first-order chi connectivity index (χ1) is 9.38. The first-order valence-corrected chi connectivity index (χ1v) is 7.15. The van der Waals surface area contributed by atoms with E-state index in [0.717, 1.165) is 18.4 Å². The average Bonchev–Trinajstić information content (AvgIpc) is 2.39. The predicted octanol–water partition coefficient (Wildman–Crippen LogP) is 2.26. The monoisotopic (exact) mass is 278 g/mol. The van der Waals surface area contributed by atoms with Gasteiger partial charge in [0.2, 0.25) is 0 Å². The van der Waals surface area contributed by atoms with E-state index in [1.54, 1.807) is 6.92 Å². The third-order valence-corrected chi connectivity index (χ3v) is 3.36. The summed E-state index contributed by atoms with van der Waals surface area (Å²) in [5, 5.41) is 2.98. The Bertz CT molecular complexity index is 444. The number of amides is 1. The van der Waals surface area contributed by atoms with Crippen LogP contribution in [0.3, 0.4) is 0 Å². The zero-order valence-electron chi connectivity index (χ0n) is 12.9. The number of nitrogens with two attached hydrogens (primary N) is 1. The minimum atomic E-state index is -0.519. The molecule has 0 aliphatic rings. The summed E-state index contributed by atoms with van der Waals surface area (Å²) < 4.78 is 5.70. The van der Waals surface area contributed by atoms with Crippen molar-refractivity contribution >= 4 is 5.91 Å². The molecule has 0 fully saturated rings. The molecule has 0 aliphatic heterocycles. The van der Waals surface area contributed by atoms with E-state index < -0.39 is 6.10 Å². The fraction of sp³-hybridized carbons (Fsp3) is 0.562. The van der Waals surface area contributed by atoms with Gasteiger partial charge in [-0.1, -0.05) is 19.1 Å². The van der Waals surface area contributed by atoms with E-state index in [0.29, 0.717) is 12.3 Å². The Morgan fingerprint density at radius 3 is 2.75 bits per heavy atom. The smallest absolute Gasteiger partial charge is 0.261 e. The molecule has 1 rings (SSSR count). The molecule has 1 atom stereocenters. The van der Waals surface area contributed by atoms with Gasteiger partial charge in [-0.05, 0) is 57.9 Å². The van der Waals surface area contributed by atoms with Crippen LogP contribution in [0.25, 0.3) is 0 Å². The van der Waals surface area contributed by atoms with Gasteiger partial charge in [0.05, 0.1) is 0 Å². The number of carbonyl (C=O) groups is 1. The second kappa shape index (κ2) is 7.29. The number of hydrogen-bond donors (Lipinski definition) is 2. The maximum absolute atomic E-state index is 12.1. The zero-order chi connectivity index (χ0) is 15.2. The Hall–Kier alpha value is -1.55. The maximum atomic E-state index is 12.1. The predicted molar refractivity (Wildman–Crippen MR) is 81.8 cm³/mol. The summed E-state index contributed by atoms with van der Waals surface area (Å²) in [6.07, 6.45) is 1.16. The lowest BCUT2D eigenvalue weighted by molar-refractivity contribution is -0.128. The fourth-order valence-corrected chi connectivity index (χ4v) is 1.72. The summed E-state index contributed by atoms with van der Waals surface area (Å²) in [6.45, 7) is 8.40. The molecule has 0 heterocycles. The largest absolute Gasteiger partial charge is 0.481 e. The summed E-state index contributed by atoms with van der Waals surface area (Å²) in [7, 11) is 0. The van der Waals surface area contributed by atoms with Gasteiger partial charge in [0.25, 0.3) is 5.91 Å². The van der Waals surface area contributed by atoms with Crippen molar-refractivity contribution in [3.63, 3.8) is 0 Å². The Kier molecular flexibility index (Phi) is 6.02. The Morgan fingerprint density at radius 2 is 2.15 bits per heavy atom. The van der Waals surface area contributed by atoms with Crippen LogP contribution >= 0.6 is 0 Å². The van der Waals surface area contributed by atoms with E-state index in [9.17, 15) is 4.79 Å². The maximum Gasteiger partial charge on any atom is 0.261 e. The highest BCUT2D eigenvalue weighted by Gasteiger charge is 2.22. The molecule has 0 saturated carbocycles. The molecule has 112 valence electrons. The molecular formula is C16H26N2O2. The van der Waals surface area contributed by atoms with Gasteiger partial charge < -0.3 is 15.8 Å². The van der Waals surface area contributed by atoms with Crippen molar-refractivity contribution < 1.29 is 9.53 Å². The quantitative estimate of drug-likeness (QED) is 0.804. The van der Waals surface area contributed by atoms with Crippen LogP contribution in [-0.2, 0) is 11.2 Å². The van der Waals surface area contributed by atoms with Gasteiger partial charge in [0.1, 0.15) is 5.75 Å². The van der Waals surface area contributed by atoms with E-state index in [1.165, 1.54) is 0 Å². The zero-order valence-corrected chi connectivity index (χ0v) is 12.9. The van der Waals surface area contributed by atoms with Gasteiger partial charge in [-0.3, -0.25) is 4.79 Å². The van der Waals surface area contributed by atoms with E-state index in [1.807, 2.05) is 45.0 Å². The molecule has 1 amide bonds. The van der Waals surface area contributed by atoms with Gasteiger partial charge in [-0.15, -0.1) is 0 Å². The Labute approximate surface area is 121 Å². The molecule has 3 N–H and O–H groups in total. The van der Waals surface area contributed by atoms with Crippen molar-refractivity contribution in [2.75, 3.05) is 6.54 Å². The Morgan fingerprint density at radius 1 is 1.45 bits per heavy atom. The highest BCUT2D eigenvalue weighted by molar-refractivity contribution is 5.81. The highest BCUT2D eigenvalue weighted by atomic mass is 16.5. The number of nitrogens with one attached hydrogen (secondary N) is 1. The van der Waals surface area contributed by atoms with Gasteiger partial charge in [-0.2, -0.15) is 0 Å². The van der Waals surface area contributed by atoms with Crippen LogP contribution in [0.1, 0.15) is 39.7 Å². The summed E-state index contributed by atoms with van der Waals surface area (Å²) in [5.41, 5.74) is 6.44. The lowest BCUT2D eigenvalue weighted by Gasteiger charge is -2.26. The normalized spacial score (nSPS) is 12.8. The van der Waals surface area contributed by atoms with Gasteiger partial charge in [-0.25, -0.2) is 0 Å². The standard InChI is InChI=1S/C16H26N2O2/c1-5-16(3,4)18-15(19)12(2)20-14-8-6-7-13(11-14)9-10-17/h6-8,11-12H,5,9-10,17H2,1-4H3,(H,18,19). The number of benzene rings is 1. The topological polar surface area (TPSA) is 64.3 Å². The fourth-order valence-electron chi connectivity index (χ4n) is 1.72. The lowest BCUT2D eigenvalue weighted by atomic mass is 10.0. The van der Waals surface area contributed by atoms with E-state index in [-0.39, 0.29) is 11.4 Å². The van der Waals surface area contributed by atoms with Gasteiger partial charge in [0.15, 0.2) is 6.10 Å². The molecule has 1 aromatic carbocycles. The molecule has 0 saturated heterocycles. The molecule has 0 spiro atoms. The second-order valence-corrected chi connectivity index (χ2v) is 5.67. The van der Waals surface area contributed by atoms with Crippen LogP contribution in [0, 0.1) is 0 Å². The van der Waals surface area contributed by atoms with Crippen molar-refractivity contribution in [3.05, 3.63) is 29.8 Å². The molecule has 1 unspecified atom stereocenters. The van der Waals surface area contributed by atoms with Gasteiger partial charge >= 0.3 is 0 Å². The van der Waals surface area contributed by atoms with E-state index >= 15 is 0 Å². The van der Waals surface area contributed by atoms with Crippen molar-refractivity contribution in [2.24, 2.45) is 5.73 Å². The summed E-state index contributed by atoms with van der Waals surface area (Å²) in [4.78, 5) is 12.1. The molecule has 4 heteroatoms. The minimum Gasteiger partial charge on any atom is -0.481 e. The first-order valence-electron chi connectivity index (χ1n) is 7.15. The van der Waals surface area contributed by atoms with Crippen molar-refractivity contribution in [1.82, 2.24) is 5.32 Å². The second-order valence-electron chi connectivity index (χ2n) is 5.67. The summed E-state index contributed by atoms with van der Waals surface area (Å²) >= 11 is 0. The lowest BCUT2D eigenvalue weighted by Crippen LogP contribution is -2.48. The SMILES string of the molecule is CCC(C)(C)NC(=O)C(C)Oc1cccc(CCN)c1. The number of carbonyl (C=O) groups excluding carboxylic acids is 1. The van der Waals surface area contributed by atoms with Crippen molar-refractivity contribution in [2.45, 2.75) is 52.2 Å². The number of rotatable bonds is 7. The van der Waals surface area contributed by atoms with E-state index in [2.05, 4.69) is 5.32 Å². The van der Waals surface area contributed by atoms with Crippen LogP contribution in [0.15, 0.2) is 24.3 Å². The third-order valence-electron chi connectivity index (χ3n) is 3.36. The number of ether oxygens (including phenoxy) is 1. The summed E-state index contributed by atoms with van der Waals surface area (Å²) in [5.74, 6) is 0.606. The molecule has 0 aromatic heterocycles. The van der Waals surface area contributed by atoms with Crippen molar-refractivity contribution in [3.8, 4) is 5.75 Å². The third kappa shape index (κ3) is 5.21.